The summed E-state index contributed by atoms with van der Waals surface area (Å²) < 4.78 is 0. The molecule has 184 valence electrons. The molecule has 0 radical (unpaired) electrons. The highest BCUT2D eigenvalue weighted by Crippen LogP contribution is 2.44. The van der Waals surface area contributed by atoms with E-state index in [-0.39, 0.29) is 17.9 Å². The van der Waals surface area contributed by atoms with E-state index in [9.17, 15) is 9.59 Å². The molecule has 6 heteroatoms. The van der Waals surface area contributed by atoms with E-state index in [0.717, 1.165) is 23.4 Å². The van der Waals surface area contributed by atoms with Crippen LogP contribution < -0.4 is 5.32 Å². The first kappa shape index (κ1) is 24.9. The Kier molecular flexibility index (Phi) is 8.43. The van der Waals surface area contributed by atoms with Gasteiger partial charge in [0.2, 0.25) is 5.91 Å². The number of rotatable bonds is 9. The van der Waals surface area contributed by atoms with Crippen LogP contribution in [0.1, 0.15) is 85.6 Å². The maximum Gasteiger partial charge on any atom is 0.254 e. The molecule has 0 bridgehead atoms. The van der Waals surface area contributed by atoms with Crippen molar-refractivity contribution in [2.24, 2.45) is 5.92 Å². The van der Waals surface area contributed by atoms with Crippen molar-refractivity contribution in [3.05, 3.63) is 57.8 Å². The van der Waals surface area contributed by atoms with Crippen molar-refractivity contribution >= 4 is 23.2 Å². The zero-order valence-electron chi connectivity index (χ0n) is 20.8. The summed E-state index contributed by atoms with van der Waals surface area (Å²) in [6, 6.07) is 12.2. The van der Waals surface area contributed by atoms with Crippen LogP contribution in [-0.4, -0.2) is 53.8 Å². The fourth-order valence-corrected chi connectivity index (χ4v) is 6.54. The van der Waals surface area contributed by atoms with Crippen LogP contribution in [0, 0.1) is 5.92 Å². The predicted molar refractivity (Wildman–Crippen MR) is 139 cm³/mol. The van der Waals surface area contributed by atoms with Crippen molar-refractivity contribution in [3.8, 4) is 0 Å². The van der Waals surface area contributed by atoms with Crippen LogP contribution in [0.25, 0.3) is 0 Å². The molecule has 3 atom stereocenters. The smallest absolute Gasteiger partial charge is 0.254 e. The van der Waals surface area contributed by atoms with Gasteiger partial charge in [-0.3, -0.25) is 9.59 Å². The van der Waals surface area contributed by atoms with Crippen LogP contribution >= 0.6 is 11.3 Å². The number of hydrogen-bond donors (Lipinski definition) is 1. The number of benzene rings is 1. The molecular formula is C28H39N3O2S. The zero-order valence-corrected chi connectivity index (χ0v) is 21.7. The third-order valence-corrected chi connectivity index (χ3v) is 8.20. The molecule has 1 N–H and O–H groups in total. The number of amides is 2. The lowest BCUT2D eigenvalue weighted by molar-refractivity contribution is -0.124. The number of nitrogens with zero attached hydrogens (tertiary/aromatic N) is 2. The van der Waals surface area contributed by atoms with Gasteiger partial charge in [0.15, 0.2) is 0 Å². The highest BCUT2D eigenvalue weighted by molar-refractivity contribution is 7.10. The summed E-state index contributed by atoms with van der Waals surface area (Å²) in [5.74, 6) is -0.0265. The molecule has 34 heavy (non-hydrogen) atoms. The van der Waals surface area contributed by atoms with Crippen LogP contribution in [0.15, 0.2) is 41.8 Å². The van der Waals surface area contributed by atoms with Crippen LogP contribution in [0.4, 0.5) is 0 Å². The molecule has 2 amide bonds. The number of piperidine rings is 1. The monoisotopic (exact) mass is 481 g/mol. The number of carbonyl (C=O) groups excluding carboxylic acids is 2. The Labute approximate surface area is 208 Å². The van der Waals surface area contributed by atoms with Gasteiger partial charge in [0.1, 0.15) is 0 Å². The van der Waals surface area contributed by atoms with Crippen molar-refractivity contribution < 1.29 is 9.59 Å². The minimum Gasteiger partial charge on any atom is -0.355 e. The molecule has 1 aromatic carbocycles. The lowest BCUT2D eigenvalue weighted by Gasteiger charge is -2.42. The van der Waals surface area contributed by atoms with E-state index in [1.807, 2.05) is 40.6 Å². The second-order valence-electron chi connectivity index (χ2n) is 10.1. The Morgan fingerprint density at radius 3 is 2.74 bits per heavy atom. The lowest BCUT2D eigenvalue weighted by Crippen LogP contribution is -2.48. The number of likely N-dealkylation sites (tertiary alicyclic amines) is 1. The number of hydrogen-bond acceptors (Lipinski definition) is 4. The third kappa shape index (κ3) is 5.38. The Morgan fingerprint density at radius 1 is 1.18 bits per heavy atom. The Morgan fingerprint density at radius 2 is 2.00 bits per heavy atom. The van der Waals surface area contributed by atoms with Crippen LogP contribution in [0.5, 0.6) is 0 Å². The van der Waals surface area contributed by atoms with Crippen molar-refractivity contribution in [3.63, 3.8) is 0 Å². The van der Waals surface area contributed by atoms with E-state index in [1.54, 1.807) is 11.3 Å². The van der Waals surface area contributed by atoms with Gasteiger partial charge in [-0.1, -0.05) is 51.5 Å². The van der Waals surface area contributed by atoms with Crippen molar-refractivity contribution in [2.45, 2.75) is 70.9 Å². The molecule has 2 aliphatic rings. The van der Waals surface area contributed by atoms with Gasteiger partial charge in [-0.05, 0) is 61.2 Å². The van der Waals surface area contributed by atoms with E-state index >= 15 is 0 Å². The molecular weight excluding hydrogens is 442 g/mol. The molecule has 5 nitrogen and oxygen atoms in total. The first-order chi connectivity index (χ1) is 16.5. The maximum atomic E-state index is 13.7. The summed E-state index contributed by atoms with van der Waals surface area (Å²) in [6.45, 7) is 10.0. The average molecular weight is 482 g/mol. The average Bonchev–Trinajstić information content (AvgIpc) is 3.38. The third-order valence-electron chi connectivity index (χ3n) is 7.26. The second-order valence-corrected chi connectivity index (χ2v) is 11.1. The molecule has 4 rings (SSSR count). The molecule has 1 fully saturated rings. The molecule has 0 saturated carbocycles. The van der Waals surface area contributed by atoms with Gasteiger partial charge in [0, 0.05) is 36.1 Å². The predicted octanol–water partition coefficient (Wildman–Crippen LogP) is 5.46. The minimum absolute atomic E-state index is 0.0257. The summed E-state index contributed by atoms with van der Waals surface area (Å²) in [6.07, 6.45) is 6.07. The van der Waals surface area contributed by atoms with E-state index < -0.39 is 5.92 Å². The van der Waals surface area contributed by atoms with Crippen molar-refractivity contribution in [1.29, 1.82) is 0 Å². The van der Waals surface area contributed by atoms with Gasteiger partial charge in [0.05, 0.1) is 12.0 Å². The van der Waals surface area contributed by atoms with Gasteiger partial charge in [-0.25, -0.2) is 0 Å². The largest absolute Gasteiger partial charge is 0.355 e. The van der Waals surface area contributed by atoms with Crippen LogP contribution in [-0.2, 0) is 4.79 Å². The Hall–Kier alpha value is -2.18. The second kappa shape index (κ2) is 11.5. The SMILES string of the molecule is CC[C@@H]1CCCCN1CCCNC(=O)[C@@H]1c2ccccc2C(=O)N(CC(C)C)[C@H]1c1cccs1. The molecule has 0 aliphatic carbocycles. The van der Waals surface area contributed by atoms with Gasteiger partial charge in [-0.15, -0.1) is 11.3 Å². The van der Waals surface area contributed by atoms with E-state index in [0.29, 0.717) is 30.6 Å². The Bertz CT molecular complexity index is 958. The first-order valence-corrected chi connectivity index (χ1v) is 13.8. The molecule has 0 spiro atoms. The molecule has 2 aromatic rings. The fourth-order valence-electron chi connectivity index (χ4n) is 5.67. The molecule has 0 unspecified atom stereocenters. The maximum absolute atomic E-state index is 13.7. The van der Waals surface area contributed by atoms with Gasteiger partial charge >= 0.3 is 0 Å². The summed E-state index contributed by atoms with van der Waals surface area (Å²) in [5.41, 5.74) is 1.51. The van der Waals surface area contributed by atoms with Crippen molar-refractivity contribution in [1.82, 2.24) is 15.1 Å². The first-order valence-electron chi connectivity index (χ1n) is 13.0. The van der Waals surface area contributed by atoms with E-state index in [1.165, 1.54) is 32.2 Å². The van der Waals surface area contributed by atoms with Gasteiger partial charge in [0.25, 0.3) is 5.91 Å². The highest BCUT2D eigenvalue weighted by Gasteiger charge is 2.44. The highest BCUT2D eigenvalue weighted by atomic mass is 32.1. The molecule has 1 saturated heterocycles. The van der Waals surface area contributed by atoms with Crippen LogP contribution in [0.3, 0.4) is 0 Å². The molecule has 2 aliphatic heterocycles. The lowest BCUT2D eigenvalue weighted by atomic mass is 9.81. The topological polar surface area (TPSA) is 52.7 Å². The van der Waals surface area contributed by atoms with Crippen molar-refractivity contribution in [2.75, 3.05) is 26.2 Å². The number of carbonyl (C=O) groups is 2. The summed E-state index contributed by atoms with van der Waals surface area (Å²) in [4.78, 5) is 32.8. The number of fused-ring (bicyclic) bond motifs is 1. The standard InChI is InChI=1S/C28H39N3O2S/c1-4-21-11-7-8-16-30(21)17-10-15-29-27(32)25-22-12-5-6-13-23(22)28(33)31(19-20(2)3)26(25)24-14-9-18-34-24/h5-6,9,12-14,18,20-21,25-26H,4,7-8,10-11,15-17,19H2,1-3H3,(H,29,32)/t21-,25-,26+/m1/s1. The minimum atomic E-state index is -0.398. The summed E-state index contributed by atoms with van der Waals surface area (Å²) >= 11 is 1.63. The fraction of sp³-hybridized carbons (Fsp3) is 0.571. The Balaban J connectivity index is 1.53. The zero-order chi connectivity index (χ0) is 24.1. The van der Waals surface area contributed by atoms with E-state index in [2.05, 4.69) is 37.1 Å². The number of nitrogens with one attached hydrogen (secondary N) is 1. The quantitative estimate of drug-likeness (QED) is 0.484. The normalized spacial score (nSPS) is 23.2. The molecule has 3 heterocycles. The summed E-state index contributed by atoms with van der Waals surface area (Å²) in [7, 11) is 0. The van der Waals surface area contributed by atoms with E-state index in [4.69, 9.17) is 0 Å². The molecule has 1 aromatic heterocycles. The van der Waals surface area contributed by atoms with Gasteiger partial charge in [-0.2, -0.15) is 0 Å². The number of thiophene rings is 1. The van der Waals surface area contributed by atoms with Gasteiger partial charge < -0.3 is 15.1 Å². The van der Waals surface area contributed by atoms with Crippen LogP contribution in [0.2, 0.25) is 0 Å². The summed E-state index contributed by atoms with van der Waals surface area (Å²) in [5, 5.41) is 5.28.